The smallest absolute Gasteiger partial charge is 0.194 e. The molecule has 0 saturated heterocycles. The van der Waals surface area contributed by atoms with E-state index in [2.05, 4.69) is 191 Å². The highest BCUT2D eigenvalue weighted by Crippen LogP contribution is 2.46. The van der Waals surface area contributed by atoms with Crippen molar-refractivity contribution in [2.45, 2.75) is 128 Å². The van der Waals surface area contributed by atoms with Gasteiger partial charge in [0, 0.05) is 10.8 Å². The molecule has 0 radical (unpaired) electrons. The van der Waals surface area contributed by atoms with Crippen molar-refractivity contribution in [3.05, 3.63) is 155 Å². The van der Waals surface area contributed by atoms with Crippen LogP contribution in [0.3, 0.4) is 0 Å². The standard InChI is InChI=1S/C46H62O2Si2/c1-11-49(12-2,13-3)47-45(41-23-19-38(8)20-24-41)33-35-46(36-34-45,48-50(14-4,15-5)16-6)42-27-25-40(26-28-42)44(10)31-29-43(9,30-32-44)39-21-17-37(7)18-22-39/h17-36H,11-16H2,1-10H3. The lowest BCUT2D eigenvalue weighted by atomic mass is 9.70. The van der Waals surface area contributed by atoms with E-state index in [0.29, 0.717) is 0 Å². The van der Waals surface area contributed by atoms with Crippen LogP contribution in [-0.2, 0) is 30.9 Å². The van der Waals surface area contributed by atoms with E-state index in [1.54, 1.807) is 0 Å². The Morgan fingerprint density at radius 1 is 0.380 bits per heavy atom. The Morgan fingerprint density at radius 3 is 0.900 bits per heavy atom. The fourth-order valence-corrected chi connectivity index (χ4v) is 13.7. The highest BCUT2D eigenvalue weighted by Gasteiger charge is 2.46. The van der Waals surface area contributed by atoms with Crippen LogP contribution in [0.5, 0.6) is 0 Å². The van der Waals surface area contributed by atoms with E-state index < -0.39 is 27.8 Å². The van der Waals surface area contributed by atoms with Gasteiger partial charge in [-0.25, -0.2) is 0 Å². The van der Waals surface area contributed by atoms with Crippen LogP contribution in [-0.4, -0.2) is 16.6 Å². The summed E-state index contributed by atoms with van der Waals surface area (Å²) >= 11 is 0. The highest BCUT2D eigenvalue weighted by atomic mass is 28.4. The molecular weight excluding hydrogens is 641 g/mol. The molecule has 0 fully saturated rings. The number of aryl methyl sites for hydroxylation is 2. The first-order chi connectivity index (χ1) is 23.8. The Balaban J connectivity index is 1.55. The SMILES string of the molecule is CC[Si](CC)(CC)OC1(c2ccc(C)cc2)C=CC(O[Si](CC)(CC)CC)(c2ccc(C3(C)C=CC(C)(c4ccc(C)cc4)C=C3)cc2)C=C1. The lowest BCUT2D eigenvalue weighted by molar-refractivity contribution is 0.121. The maximum Gasteiger partial charge on any atom is 0.194 e. The summed E-state index contributed by atoms with van der Waals surface area (Å²) in [7, 11) is -4.01. The summed E-state index contributed by atoms with van der Waals surface area (Å²) in [6.07, 6.45) is 18.9. The zero-order valence-corrected chi connectivity index (χ0v) is 34.6. The summed E-state index contributed by atoms with van der Waals surface area (Å²) in [5.41, 5.74) is 5.96. The Labute approximate surface area is 306 Å². The van der Waals surface area contributed by atoms with Gasteiger partial charge in [0.15, 0.2) is 16.6 Å². The molecule has 4 heteroatoms. The molecule has 0 heterocycles. The maximum absolute atomic E-state index is 7.55. The number of hydrogen-bond acceptors (Lipinski definition) is 2. The topological polar surface area (TPSA) is 18.5 Å². The van der Waals surface area contributed by atoms with Crippen molar-refractivity contribution in [1.82, 2.24) is 0 Å². The molecule has 266 valence electrons. The average molecular weight is 703 g/mol. The van der Waals surface area contributed by atoms with E-state index in [1.165, 1.54) is 33.4 Å². The summed E-state index contributed by atoms with van der Waals surface area (Å²) in [5, 5.41) is 0. The molecule has 2 nitrogen and oxygen atoms in total. The lowest BCUT2D eigenvalue weighted by Crippen LogP contribution is -2.48. The van der Waals surface area contributed by atoms with Crippen LogP contribution in [0.1, 0.15) is 88.8 Å². The molecule has 3 aromatic rings. The molecule has 0 bridgehead atoms. The quantitative estimate of drug-likeness (QED) is 0.123. The third kappa shape index (κ3) is 7.32. The largest absolute Gasteiger partial charge is 0.401 e. The van der Waals surface area contributed by atoms with Gasteiger partial charge < -0.3 is 8.85 Å². The molecule has 0 aromatic heterocycles. The molecule has 0 atom stereocenters. The molecule has 0 saturated carbocycles. The Kier molecular flexibility index (Phi) is 11.4. The monoisotopic (exact) mass is 702 g/mol. The minimum atomic E-state index is -2.03. The summed E-state index contributed by atoms with van der Waals surface area (Å²) in [5.74, 6) is 0. The molecule has 50 heavy (non-hydrogen) atoms. The Bertz CT molecular complexity index is 1660. The number of benzene rings is 3. The normalized spacial score (nSPS) is 26.4. The van der Waals surface area contributed by atoms with Gasteiger partial charge in [-0.3, -0.25) is 0 Å². The Morgan fingerprint density at radius 2 is 0.620 bits per heavy atom. The van der Waals surface area contributed by atoms with Crippen LogP contribution in [0, 0.1) is 13.8 Å². The van der Waals surface area contributed by atoms with Crippen molar-refractivity contribution in [2.75, 3.05) is 0 Å². The first kappa shape index (κ1) is 38.2. The predicted molar refractivity (Wildman–Crippen MR) is 220 cm³/mol. The number of hydrogen-bond donors (Lipinski definition) is 0. The minimum Gasteiger partial charge on any atom is -0.401 e. The van der Waals surface area contributed by atoms with Crippen molar-refractivity contribution < 1.29 is 8.85 Å². The highest BCUT2D eigenvalue weighted by molar-refractivity contribution is 6.74. The van der Waals surface area contributed by atoms with Gasteiger partial charge in [0.1, 0.15) is 11.2 Å². The van der Waals surface area contributed by atoms with Gasteiger partial charge in [-0.15, -0.1) is 0 Å². The van der Waals surface area contributed by atoms with E-state index in [0.717, 1.165) is 36.3 Å². The van der Waals surface area contributed by atoms with Crippen LogP contribution >= 0.6 is 0 Å². The number of rotatable bonds is 14. The fraction of sp³-hybridized carbons (Fsp3) is 0.435. The first-order valence-electron chi connectivity index (χ1n) is 19.3. The van der Waals surface area contributed by atoms with E-state index in [4.69, 9.17) is 8.85 Å². The average Bonchev–Trinajstić information content (AvgIpc) is 3.16. The second kappa shape index (κ2) is 14.9. The first-order valence-corrected chi connectivity index (χ1v) is 24.3. The zero-order chi connectivity index (χ0) is 36.3. The van der Waals surface area contributed by atoms with Crippen molar-refractivity contribution in [3.63, 3.8) is 0 Å². The van der Waals surface area contributed by atoms with Crippen LogP contribution < -0.4 is 0 Å². The van der Waals surface area contributed by atoms with Crippen LogP contribution in [0.15, 0.2) is 121 Å². The third-order valence-electron chi connectivity index (χ3n) is 12.5. The van der Waals surface area contributed by atoms with Gasteiger partial charge in [0.2, 0.25) is 0 Å². The predicted octanol–water partition coefficient (Wildman–Crippen LogP) is 12.9. The van der Waals surface area contributed by atoms with Gasteiger partial charge in [-0.2, -0.15) is 0 Å². The van der Waals surface area contributed by atoms with Crippen molar-refractivity contribution in [3.8, 4) is 0 Å². The van der Waals surface area contributed by atoms with Crippen LogP contribution in [0.4, 0.5) is 0 Å². The minimum absolute atomic E-state index is 0.114. The molecule has 5 rings (SSSR count). The maximum atomic E-state index is 7.55. The second-order valence-electron chi connectivity index (χ2n) is 15.5. The third-order valence-corrected chi connectivity index (χ3v) is 21.8. The summed E-state index contributed by atoms with van der Waals surface area (Å²) in [6.45, 7) is 22.8. The van der Waals surface area contributed by atoms with Gasteiger partial charge in [-0.1, -0.05) is 150 Å². The molecule has 2 aliphatic rings. The van der Waals surface area contributed by atoms with Gasteiger partial charge in [0.25, 0.3) is 0 Å². The summed E-state index contributed by atoms with van der Waals surface area (Å²) in [6, 6.07) is 33.7. The van der Waals surface area contributed by atoms with Crippen molar-refractivity contribution in [2.24, 2.45) is 0 Å². The molecule has 0 spiro atoms. The van der Waals surface area contributed by atoms with E-state index in [1.807, 2.05) is 0 Å². The Hall–Kier alpha value is -3.03. The van der Waals surface area contributed by atoms with Gasteiger partial charge in [-0.05, 0) is 111 Å². The fourth-order valence-electron chi connectivity index (χ4n) is 7.90. The van der Waals surface area contributed by atoms with Gasteiger partial charge in [0.05, 0.1) is 0 Å². The molecule has 0 unspecified atom stereocenters. The summed E-state index contributed by atoms with van der Waals surface area (Å²) in [4.78, 5) is 0. The lowest BCUT2D eigenvalue weighted by Gasteiger charge is -2.46. The summed E-state index contributed by atoms with van der Waals surface area (Å²) < 4.78 is 15.0. The van der Waals surface area contributed by atoms with Crippen LogP contribution in [0.25, 0.3) is 0 Å². The molecule has 2 aliphatic carbocycles. The molecule has 0 amide bonds. The van der Waals surface area contributed by atoms with Crippen molar-refractivity contribution in [1.29, 1.82) is 0 Å². The molecule has 0 N–H and O–H groups in total. The van der Waals surface area contributed by atoms with Gasteiger partial charge >= 0.3 is 0 Å². The van der Waals surface area contributed by atoms with E-state index in [-0.39, 0.29) is 10.8 Å². The molecule has 3 aromatic carbocycles. The zero-order valence-electron chi connectivity index (χ0n) is 32.6. The molecule has 0 aliphatic heterocycles. The van der Waals surface area contributed by atoms with Crippen molar-refractivity contribution >= 4 is 16.6 Å². The van der Waals surface area contributed by atoms with E-state index >= 15 is 0 Å². The second-order valence-corrected chi connectivity index (χ2v) is 24.9. The number of allylic oxidation sites excluding steroid dienone is 4. The molecular formula is C46H62O2Si2. The van der Waals surface area contributed by atoms with Crippen LogP contribution in [0.2, 0.25) is 36.3 Å². The van der Waals surface area contributed by atoms with E-state index in [9.17, 15) is 0 Å².